The number of carboxylic acids is 2. The quantitative estimate of drug-likeness (QED) is 0.274. The first-order valence-corrected chi connectivity index (χ1v) is 12.7. The van der Waals surface area contributed by atoms with Gasteiger partial charge < -0.3 is 24.7 Å². The van der Waals surface area contributed by atoms with E-state index in [1.165, 1.54) is 11.8 Å². The van der Waals surface area contributed by atoms with Crippen molar-refractivity contribution in [3.05, 3.63) is 23.1 Å². The van der Waals surface area contributed by atoms with Crippen LogP contribution < -0.4 is 4.90 Å². The summed E-state index contributed by atoms with van der Waals surface area (Å²) < 4.78 is 20.9. The number of hydrogen-bond acceptors (Lipinski definition) is 8. The Morgan fingerprint density at radius 2 is 1.71 bits per heavy atom. The second-order valence-electron chi connectivity index (χ2n) is 10.7. The number of piperidine rings is 1. The van der Waals surface area contributed by atoms with Gasteiger partial charge in [-0.3, -0.25) is 24.0 Å². The first-order chi connectivity index (χ1) is 17.7. The van der Waals surface area contributed by atoms with Gasteiger partial charge in [0.1, 0.15) is 5.60 Å². The highest BCUT2D eigenvalue weighted by Gasteiger charge is 2.53. The minimum Gasteiger partial charge on any atom is -0.480 e. The van der Waals surface area contributed by atoms with Crippen LogP contribution in [0.4, 0.5) is 10.2 Å². The van der Waals surface area contributed by atoms with E-state index in [1.807, 2.05) is 0 Å². The van der Waals surface area contributed by atoms with Crippen LogP contribution in [-0.2, 0) is 30.5 Å². The van der Waals surface area contributed by atoms with E-state index >= 15 is 4.39 Å². The number of pyridine rings is 1. The summed E-state index contributed by atoms with van der Waals surface area (Å²) >= 11 is 0. The molecule has 0 unspecified atom stereocenters. The molecule has 0 aliphatic carbocycles. The van der Waals surface area contributed by atoms with Gasteiger partial charge in [-0.2, -0.15) is 0 Å². The predicted molar refractivity (Wildman–Crippen MR) is 132 cm³/mol. The maximum Gasteiger partial charge on any atom is 0.329 e. The number of halogens is 1. The third-order valence-corrected chi connectivity index (χ3v) is 6.98. The highest BCUT2D eigenvalue weighted by atomic mass is 19.1. The standard InChI is InChI=1S/C26H34FN3O8/c1-5-26(23(34)35,24(36)37)20(32)16-13-17(27)21(28-18(16)14-30-10-6-7-19(30)31)29-11-8-15(9-12-29)22(33)38-25(2,3)4/h13,15H,5-12,14H2,1-4H3,(H,34,35)(H,36,37). The second kappa shape index (κ2) is 11.0. The summed E-state index contributed by atoms with van der Waals surface area (Å²) in [6.07, 6.45) is 1.07. The molecule has 2 saturated heterocycles. The number of amides is 1. The molecular formula is C26H34FN3O8. The molecule has 3 rings (SSSR count). The van der Waals surface area contributed by atoms with Crippen LogP contribution in [0.15, 0.2) is 6.07 Å². The van der Waals surface area contributed by atoms with E-state index in [9.17, 15) is 34.2 Å². The summed E-state index contributed by atoms with van der Waals surface area (Å²) in [5.74, 6) is -6.98. The summed E-state index contributed by atoms with van der Waals surface area (Å²) in [5.41, 5.74) is -4.02. The Bertz CT molecular complexity index is 1120. The SMILES string of the molecule is CCC(C(=O)O)(C(=O)O)C(=O)c1cc(F)c(N2CCC(C(=O)OC(C)(C)C)CC2)nc1CN1CCCC1=O. The number of rotatable bonds is 9. The number of ether oxygens (including phenoxy) is 1. The Morgan fingerprint density at radius 3 is 2.18 bits per heavy atom. The van der Waals surface area contributed by atoms with Crippen molar-refractivity contribution in [3.8, 4) is 0 Å². The number of nitrogens with zero attached hydrogens (tertiary/aromatic N) is 3. The number of anilines is 1. The fourth-order valence-corrected chi connectivity index (χ4v) is 4.80. The van der Waals surface area contributed by atoms with Crippen molar-refractivity contribution in [2.45, 2.75) is 71.9 Å². The van der Waals surface area contributed by atoms with Gasteiger partial charge in [0.15, 0.2) is 17.4 Å². The average molecular weight is 536 g/mol. The Morgan fingerprint density at radius 1 is 1.11 bits per heavy atom. The lowest BCUT2D eigenvalue weighted by Gasteiger charge is -2.34. The second-order valence-corrected chi connectivity index (χ2v) is 10.7. The van der Waals surface area contributed by atoms with Crippen molar-refractivity contribution < 1.29 is 43.3 Å². The molecule has 1 amide bonds. The number of esters is 1. The monoisotopic (exact) mass is 535 g/mol. The van der Waals surface area contributed by atoms with Gasteiger partial charge in [0.2, 0.25) is 11.3 Å². The van der Waals surface area contributed by atoms with Crippen molar-refractivity contribution in [1.29, 1.82) is 0 Å². The summed E-state index contributed by atoms with van der Waals surface area (Å²) in [4.78, 5) is 69.4. The lowest BCUT2D eigenvalue weighted by Crippen LogP contribution is -2.46. The van der Waals surface area contributed by atoms with E-state index in [4.69, 9.17) is 4.74 Å². The van der Waals surface area contributed by atoms with Gasteiger partial charge in [-0.1, -0.05) is 6.92 Å². The molecule has 0 aromatic carbocycles. The molecule has 0 spiro atoms. The van der Waals surface area contributed by atoms with Crippen LogP contribution in [-0.4, -0.2) is 74.9 Å². The normalized spacial score (nSPS) is 17.0. The molecule has 12 heteroatoms. The Hall–Kier alpha value is -3.57. The highest BCUT2D eigenvalue weighted by Crippen LogP contribution is 2.33. The Labute approximate surface area is 219 Å². The lowest BCUT2D eigenvalue weighted by molar-refractivity contribution is -0.162. The molecule has 0 atom stereocenters. The molecule has 11 nitrogen and oxygen atoms in total. The van der Waals surface area contributed by atoms with E-state index in [-0.39, 0.29) is 48.9 Å². The van der Waals surface area contributed by atoms with Gasteiger partial charge >= 0.3 is 17.9 Å². The van der Waals surface area contributed by atoms with E-state index in [0.717, 1.165) is 6.07 Å². The minimum absolute atomic E-state index is 0.0729. The summed E-state index contributed by atoms with van der Waals surface area (Å²) in [7, 11) is 0. The van der Waals surface area contributed by atoms with Crippen molar-refractivity contribution in [1.82, 2.24) is 9.88 Å². The van der Waals surface area contributed by atoms with Crippen LogP contribution >= 0.6 is 0 Å². The number of likely N-dealkylation sites (tertiary alicyclic amines) is 1. The topological polar surface area (TPSA) is 154 Å². The number of Topliss-reactive ketones (excluding diaryl/α,β-unsaturated/α-hetero) is 1. The van der Waals surface area contributed by atoms with Gasteiger partial charge in [-0.05, 0) is 52.5 Å². The Kier molecular flexibility index (Phi) is 8.42. The first kappa shape index (κ1) is 29.0. The molecule has 2 aliphatic rings. The van der Waals surface area contributed by atoms with Crippen LogP contribution in [0.1, 0.15) is 75.9 Å². The van der Waals surface area contributed by atoms with E-state index in [2.05, 4.69) is 4.98 Å². The molecule has 2 fully saturated rings. The molecule has 1 aromatic heterocycles. The molecule has 38 heavy (non-hydrogen) atoms. The largest absolute Gasteiger partial charge is 0.480 e. The van der Waals surface area contributed by atoms with E-state index in [1.54, 1.807) is 25.7 Å². The number of carboxylic acid groups (broad SMARTS) is 2. The number of carbonyl (C=O) groups is 5. The highest BCUT2D eigenvalue weighted by molar-refractivity contribution is 6.25. The summed E-state index contributed by atoms with van der Waals surface area (Å²) in [6.45, 7) is 7.29. The zero-order valence-corrected chi connectivity index (χ0v) is 22.1. The van der Waals surface area contributed by atoms with E-state index < -0.39 is 46.5 Å². The van der Waals surface area contributed by atoms with Crippen molar-refractivity contribution in [2.24, 2.45) is 11.3 Å². The van der Waals surface area contributed by atoms with Crippen LogP contribution in [0.3, 0.4) is 0 Å². The van der Waals surface area contributed by atoms with Crippen molar-refractivity contribution >= 4 is 35.4 Å². The van der Waals surface area contributed by atoms with Gasteiger partial charge in [0.05, 0.1) is 18.2 Å². The third-order valence-electron chi connectivity index (χ3n) is 6.98. The smallest absolute Gasteiger partial charge is 0.329 e. The molecule has 208 valence electrons. The van der Waals surface area contributed by atoms with Crippen LogP contribution in [0, 0.1) is 17.2 Å². The fourth-order valence-electron chi connectivity index (χ4n) is 4.80. The average Bonchev–Trinajstić information content (AvgIpc) is 3.23. The number of ketones is 1. The molecule has 2 N–H and O–H groups in total. The number of hydrogen-bond donors (Lipinski definition) is 2. The number of aliphatic carboxylic acids is 2. The molecule has 2 aliphatic heterocycles. The molecule has 0 saturated carbocycles. The zero-order chi connectivity index (χ0) is 28.4. The maximum absolute atomic E-state index is 15.4. The van der Waals surface area contributed by atoms with Crippen LogP contribution in [0.2, 0.25) is 0 Å². The number of carbonyl (C=O) groups excluding carboxylic acids is 3. The molecule has 3 heterocycles. The fraction of sp³-hybridized carbons (Fsp3) is 0.615. The maximum atomic E-state index is 15.4. The number of aromatic nitrogens is 1. The van der Waals surface area contributed by atoms with E-state index in [0.29, 0.717) is 32.2 Å². The molecule has 0 bridgehead atoms. The first-order valence-electron chi connectivity index (χ1n) is 12.7. The van der Waals surface area contributed by atoms with Crippen molar-refractivity contribution in [3.63, 3.8) is 0 Å². The zero-order valence-electron chi connectivity index (χ0n) is 22.1. The molecule has 0 radical (unpaired) electrons. The summed E-state index contributed by atoms with van der Waals surface area (Å²) in [6, 6.07) is 0.816. The van der Waals surface area contributed by atoms with Crippen LogP contribution in [0.25, 0.3) is 0 Å². The lowest BCUT2D eigenvalue weighted by atomic mass is 9.77. The minimum atomic E-state index is -2.83. The predicted octanol–water partition coefficient (Wildman–Crippen LogP) is 2.65. The van der Waals surface area contributed by atoms with Gasteiger partial charge in [0, 0.05) is 31.6 Å². The molecule has 1 aromatic rings. The van der Waals surface area contributed by atoms with Gasteiger partial charge in [-0.25, -0.2) is 9.37 Å². The van der Waals surface area contributed by atoms with Crippen LogP contribution in [0.5, 0.6) is 0 Å². The van der Waals surface area contributed by atoms with Gasteiger partial charge in [0.25, 0.3) is 0 Å². The van der Waals surface area contributed by atoms with Crippen molar-refractivity contribution in [2.75, 3.05) is 24.5 Å². The molecular weight excluding hydrogens is 501 g/mol. The summed E-state index contributed by atoms with van der Waals surface area (Å²) in [5, 5.41) is 19.4. The van der Waals surface area contributed by atoms with Gasteiger partial charge in [-0.15, -0.1) is 0 Å². The Balaban J connectivity index is 1.97. The third kappa shape index (κ3) is 5.78.